The van der Waals surface area contributed by atoms with Gasteiger partial charge in [0.2, 0.25) is 0 Å². The lowest BCUT2D eigenvalue weighted by molar-refractivity contribution is 0.0291. The molecule has 0 bridgehead atoms. The maximum Gasteiger partial charge on any atom is 0.410 e. The summed E-state index contributed by atoms with van der Waals surface area (Å²) in [6.07, 6.45) is 5.78. The third-order valence-electron chi connectivity index (χ3n) is 4.23. The molecule has 6 heteroatoms. The molecule has 1 aromatic rings. The molecule has 0 unspecified atom stereocenters. The topological polar surface area (TPSA) is 61.9 Å². The van der Waals surface area contributed by atoms with Crippen molar-refractivity contribution in [3.63, 3.8) is 0 Å². The second-order valence-electron chi connectivity index (χ2n) is 7.91. The zero-order valence-electron chi connectivity index (χ0n) is 16.6. The van der Waals surface area contributed by atoms with Crippen molar-refractivity contribution < 1.29 is 14.3 Å². The van der Waals surface area contributed by atoms with Crippen molar-refractivity contribution >= 4 is 12.1 Å². The number of rotatable bonds is 4. The van der Waals surface area contributed by atoms with Crippen molar-refractivity contribution in [3.05, 3.63) is 35.4 Å². The Labute approximate surface area is 161 Å². The van der Waals surface area contributed by atoms with Crippen LogP contribution < -0.4 is 5.32 Å². The highest BCUT2D eigenvalue weighted by Gasteiger charge is 2.31. The van der Waals surface area contributed by atoms with Crippen molar-refractivity contribution in [2.75, 3.05) is 19.6 Å². The minimum atomic E-state index is -0.532. The van der Waals surface area contributed by atoms with E-state index >= 15 is 0 Å². The predicted molar refractivity (Wildman–Crippen MR) is 105 cm³/mol. The number of ether oxygens (including phenoxy) is 1. The molecule has 6 nitrogen and oxygen atoms in total. The van der Waals surface area contributed by atoms with Crippen LogP contribution in [0, 0.1) is 19.3 Å². The average Bonchev–Trinajstić information content (AvgIpc) is 3.03. The highest BCUT2D eigenvalue weighted by Crippen LogP contribution is 2.16. The Morgan fingerprint density at radius 1 is 1.33 bits per heavy atom. The van der Waals surface area contributed by atoms with Crippen LogP contribution in [0.1, 0.15) is 38.3 Å². The van der Waals surface area contributed by atoms with E-state index in [9.17, 15) is 9.59 Å². The molecule has 27 heavy (non-hydrogen) atoms. The van der Waals surface area contributed by atoms with E-state index in [1.807, 2.05) is 52.0 Å². The zero-order valence-corrected chi connectivity index (χ0v) is 16.6. The molecule has 0 saturated carbocycles. The quantitative estimate of drug-likeness (QED) is 0.827. The first-order valence-electron chi connectivity index (χ1n) is 9.20. The van der Waals surface area contributed by atoms with Gasteiger partial charge in [-0.2, -0.15) is 0 Å². The SMILES string of the molecule is C#CCN(Cc1ccc(C)cc1)C(=O)N[C@H]1CCN(C(=O)OC(C)(C)C)C1. The molecule has 1 aliphatic heterocycles. The number of benzene rings is 1. The largest absolute Gasteiger partial charge is 0.444 e. The van der Waals surface area contributed by atoms with Crippen LogP contribution in [0.4, 0.5) is 9.59 Å². The number of nitrogens with one attached hydrogen (secondary N) is 1. The number of aryl methyl sites for hydroxylation is 1. The minimum absolute atomic E-state index is 0.108. The molecule has 0 aliphatic carbocycles. The van der Waals surface area contributed by atoms with Gasteiger partial charge in [-0.15, -0.1) is 6.42 Å². The second-order valence-corrected chi connectivity index (χ2v) is 7.91. The van der Waals surface area contributed by atoms with Crippen LogP contribution >= 0.6 is 0 Å². The summed E-state index contributed by atoms with van der Waals surface area (Å²) in [5.41, 5.74) is 1.66. The van der Waals surface area contributed by atoms with Crippen molar-refractivity contribution in [3.8, 4) is 12.3 Å². The van der Waals surface area contributed by atoms with Gasteiger partial charge in [0.25, 0.3) is 0 Å². The molecule has 0 radical (unpaired) electrons. The molecule has 1 fully saturated rings. The number of hydrogen-bond acceptors (Lipinski definition) is 3. The van der Waals surface area contributed by atoms with Gasteiger partial charge in [0.15, 0.2) is 0 Å². The standard InChI is InChI=1S/C21H29N3O3/c1-6-12-23(14-17-9-7-16(2)8-10-17)19(25)22-18-11-13-24(15-18)20(26)27-21(3,4)5/h1,7-10,18H,11-15H2,2-5H3,(H,22,25)/t18-/m0/s1. The van der Waals surface area contributed by atoms with E-state index in [1.165, 1.54) is 5.56 Å². The van der Waals surface area contributed by atoms with Gasteiger partial charge in [-0.25, -0.2) is 9.59 Å². The molecule has 146 valence electrons. The number of terminal acetylenes is 1. The number of likely N-dealkylation sites (tertiary alicyclic amines) is 1. The van der Waals surface area contributed by atoms with Crippen molar-refractivity contribution in [1.82, 2.24) is 15.1 Å². The Balaban J connectivity index is 1.91. The molecule has 1 heterocycles. The van der Waals surface area contributed by atoms with E-state index < -0.39 is 5.60 Å². The molecule has 0 aromatic heterocycles. The highest BCUT2D eigenvalue weighted by molar-refractivity contribution is 5.75. The number of carbonyl (C=O) groups is 2. The first-order valence-corrected chi connectivity index (χ1v) is 9.20. The molecule has 1 aromatic carbocycles. The molecule has 1 saturated heterocycles. The molecular formula is C21H29N3O3. The Hall–Kier alpha value is -2.68. The van der Waals surface area contributed by atoms with Crippen LogP contribution in [-0.4, -0.2) is 53.2 Å². The predicted octanol–water partition coefficient (Wildman–Crippen LogP) is 3.15. The summed E-state index contributed by atoms with van der Waals surface area (Å²) in [4.78, 5) is 28.0. The van der Waals surface area contributed by atoms with Crippen molar-refractivity contribution in [2.45, 2.75) is 52.3 Å². The summed E-state index contributed by atoms with van der Waals surface area (Å²) in [5.74, 6) is 2.54. The maximum absolute atomic E-state index is 12.7. The summed E-state index contributed by atoms with van der Waals surface area (Å²) < 4.78 is 5.39. The molecule has 2 rings (SSSR count). The third-order valence-corrected chi connectivity index (χ3v) is 4.23. The number of hydrogen-bond donors (Lipinski definition) is 1. The van der Waals surface area contributed by atoms with Crippen LogP contribution in [0.2, 0.25) is 0 Å². The van der Waals surface area contributed by atoms with Crippen molar-refractivity contribution in [2.24, 2.45) is 0 Å². The van der Waals surface area contributed by atoms with Crippen LogP contribution in [0.15, 0.2) is 24.3 Å². The Bertz CT molecular complexity index is 701. The highest BCUT2D eigenvalue weighted by atomic mass is 16.6. The molecule has 1 aliphatic rings. The zero-order chi connectivity index (χ0) is 20.0. The van der Waals surface area contributed by atoms with Crippen LogP contribution in [-0.2, 0) is 11.3 Å². The number of nitrogens with zero attached hydrogens (tertiary/aromatic N) is 2. The Morgan fingerprint density at radius 2 is 2.00 bits per heavy atom. The lowest BCUT2D eigenvalue weighted by atomic mass is 10.1. The lowest BCUT2D eigenvalue weighted by Gasteiger charge is -2.25. The van der Waals surface area contributed by atoms with E-state index in [2.05, 4.69) is 11.2 Å². The number of amides is 3. The van der Waals surface area contributed by atoms with Gasteiger partial charge in [-0.1, -0.05) is 35.7 Å². The Morgan fingerprint density at radius 3 is 2.59 bits per heavy atom. The first kappa shape index (κ1) is 20.6. The van der Waals surface area contributed by atoms with E-state index in [-0.39, 0.29) is 24.7 Å². The molecule has 1 N–H and O–H groups in total. The summed E-state index contributed by atoms with van der Waals surface area (Å²) in [7, 11) is 0. The number of urea groups is 1. The summed E-state index contributed by atoms with van der Waals surface area (Å²) in [5, 5.41) is 2.99. The van der Waals surface area contributed by atoms with Crippen molar-refractivity contribution in [1.29, 1.82) is 0 Å². The Kier molecular flexibility index (Phi) is 6.73. The molecule has 1 atom stereocenters. The lowest BCUT2D eigenvalue weighted by Crippen LogP contribution is -2.46. The fourth-order valence-electron chi connectivity index (χ4n) is 2.86. The van der Waals surface area contributed by atoms with Gasteiger partial charge in [0.1, 0.15) is 5.60 Å². The van der Waals surface area contributed by atoms with Gasteiger partial charge in [-0.05, 0) is 39.7 Å². The summed E-state index contributed by atoms with van der Waals surface area (Å²) in [6.45, 7) is 9.20. The maximum atomic E-state index is 12.7. The van der Waals surface area contributed by atoms with Gasteiger partial charge in [-0.3, -0.25) is 0 Å². The first-order chi connectivity index (χ1) is 12.7. The van der Waals surface area contributed by atoms with E-state index in [0.29, 0.717) is 26.1 Å². The minimum Gasteiger partial charge on any atom is -0.444 e. The summed E-state index contributed by atoms with van der Waals surface area (Å²) in [6, 6.07) is 7.68. The van der Waals surface area contributed by atoms with E-state index in [0.717, 1.165) is 5.56 Å². The smallest absolute Gasteiger partial charge is 0.410 e. The van der Waals surface area contributed by atoms with Gasteiger partial charge in [0.05, 0.1) is 6.54 Å². The molecule has 3 amide bonds. The normalized spacial score (nSPS) is 16.6. The number of carbonyl (C=O) groups excluding carboxylic acids is 2. The molecular weight excluding hydrogens is 342 g/mol. The fourth-order valence-corrected chi connectivity index (χ4v) is 2.86. The second kappa shape index (κ2) is 8.81. The van der Waals surface area contributed by atoms with Gasteiger partial charge >= 0.3 is 12.1 Å². The summed E-state index contributed by atoms with van der Waals surface area (Å²) >= 11 is 0. The monoisotopic (exact) mass is 371 g/mol. The van der Waals surface area contributed by atoms with E-state index in [1.54, 1.807) is 9.80 Å². The van der Waals surface area contributed by atoms with Gasteiger partial charge < -0.3 is 19.9 Å². The average molecular weight is 371 g/mol. The van der Waals surface area contributed by atoms with Crippen LogP contribution in [0.25, 0.3) is 0 Å². The molecule has 0 spiro atoms. The van der Waals surface area contributed by atoms with Crippen LogP contribution in [0.3, 0.4) is 0 Å². The fraction of sp³-hybridized carbons (Fsp3) is 0.524. The van der Waals surface area contributed by atoms with E-state index in [4.69, 9.17) is 11.2 Å². The third kappa shape index (κ3) is 6.52. The van der Waals surface area contributed by atoms with Crippen LogP contribution in [0.5, 0.6) is 0 Å². The van der Waals surface area contributed by atoms with Gasteiger partial charge in [0, 0.05) is 25.7 Å².